The van der Waals surface area contributed by atoms with Gasteiger partial charge in [0, 0.05) is 27.4 Å². The van der Waals surface area contributed by atoms with Crippen LogP contribution < -0.4 is 5.32 Å². The number of nitrogens with zero attached hydrogens (tertiary/aromatic N) is 3. The molecule has 7 heteroatoms. The number of nitrogens with one attached hydrogen (secondary N) is 1. The number of fused-ring (bicyclic) bond motifs is 1. The fourth-order valence-electron chi connectivity index (χ4n) is 1.36. The molecule has 0 aliphatic rings. The Morgan fingerprint density at radius 1 is 1.53 bits per heavy atom. The van der Waals surface area contributed by atoms with Crippen molar-refractivity contribution in [1.82, 2.24) is 5.32 Å². The van der Waals surface area contributed by atoms with Gasteiger partial charge in [-0.2, -0.15) is 0 Å². The molecule has 0 radical (unpaired) electrons. The number of rotatable bonds is 5. The molecule has 2 heterocycles. The lowest BCUT2D eigenvalue weighted by Gasteiger charge is -2.00. The molecule has 0 fully saturated rings. The molecular formula is C10H10N4OS2. The Hall–Kier alpha value is -1.56. The molecule has 0 saturated heterocycles. The van der Waals surface area contributed by atoms with Crippen LogP contribution in [0.4, 0.5) is 0 Å². The maximum absolute atomic E-state index is 11.7. The van der Waals surface area contributed by atoms with Crippen LogP contribution in [-0.4, -0.2) is 19.0 Å². The Bertz CT molecular complexity index is 539. The van der Waals surface area contributed by atoms with Crippen LogP contribution in [0.3, 0.4) is 0 Å². The van der Waals surface area contributed by atoms with E-state index in [4.69, 9.17) is 5.53 Å². The summed E-state index contributed by atoms with van der Waals surface area (Å²) in [7, 11) is 0. The van der Waals surface area contributed by atoms with Crippen molar-refractivity contribution in [3.63, 3.8) is 0 Å². The number of thiophene rings is 2. The molecule has 1 amide bonds. The molecular weight excluding hydrogens is 256 g/mol. The molecule has 88 valence electrons. The van der Waals surface area contributed by atoms with Crippen molar-refractivity contribution in [2.45, 2.75) is 6.42 Å². The molecule has 1 N–H and O–H groups in total. The number of carbonyl (C=O) groups is 1. The molecule has 2 aromatic heterocycles. The third-order valence-corrected chi connectivity index (χ3v) is 4.24. The largest absolute Gasteiger partial charge is 0.351 e. The van der Waals surface area contributed by atoms with Crippen LogP contribution in [0.5, 0.6) is 0 Å². The van der Waals surface area contributed by atoms with Gasteiger partial charge >= 0.3 is 0 Å². The van der Waals surface area contributed by atoms with E-state index >= 15 is 0 Å². The van der Waals surface area contributed by atoms with Gasteiger partial charge < -0.3 is 5.32 Å². The molecule has 17 heavy (non-hydrogen) atoms. The quantitative estimate of drug-likeness (QED) is 0.383. The van der Waals surface area contributed by atoms with Crippen molar-refractivity contribution in [2.24, 2.45) is 5.11 Å². The second-order valence-electron chi connectivity index (χ2n) is 3.32. The van der Waals surface area contributed by atoms with Crippen molar-refractivity contribution in [2.75, 3.05) is 13.1 Å². The zero-order valence-corrected chi connectivity index (χ0v) is 10.6. The SMILES string of the molecule is [N-]=[N+]=NCCCNC(=O)c1cc2sccc2s1. The minimum absolute atomic E-state index is 0.0562. The molecule has 0 spiro atoms. The van der Waals surface area contributed by atoms with Crippen LogP contribution in [-0.2, 0) is 0 Å². The number of carbonyl (C=O) groups excluding carboxylic acids is 1. The maximum atomic E-state index is 11.7. The molecule has 0 unspecified atom stereocenters. The van der Waals surface area contributed by atoms with Crippen LogP contribution in [0.2, 0.25) is 0 Å². The summed E-state index contributed by atoms with van der Waals surface area (Å²) >= 11 is 3.13. The average molecular weight is 266 g/mol. The zero-order valence-electron chi connectivity index (χ0n) is 8.92. The third kappa shape index (κ3) is 2.97. The van der Waals surface area contributed by atoms with Crippen LogP contribution in [0, 0.1) is 0 Å². The number of azide groups is 1. The molecule has 0 aliphatic carbocycles. The van der Waals surface area contributed by atoms with Crippen LogP contribution in [0.1, 0.15) is 16.1 Å². The van der Waals surface area contributed by atoms with Crippen molar-refractivity contribution >= 4 is 38.0 Å². The molecule has 2 aromatic rings. The van der Waals surface area contributed by atoms with Crippen LogP contribution >= 0.6 is 22.7 Å². The number of amides is 1. The van der Waals surface area contributed by atoms with E-state index in [2.05, 4.69) is 15.3 Å². The summed E-state index contributed by atoms with van der Waals surface area (Å²) in [4.78, 5) is 15.1. The van der Waals surface area contributed by atoms with Crippen LogP contribution in [0.25, 0.3) is 19.8 Å². The lowest BCUT2D eigenvalue weighted by molar-refractivity contribution is 0.0957. The van der Waals surface area contributed by atoms with Gasteiger partial charge in [-0.15, -0.1) is 22.7 Å². The van der Waals surface area contributed by atoms with Crippen LogP contribution in [0.15, 0.2) is 22.6 Å². The summed E-state index contributed by atoms with van der Waals surface area (Å²) in [6, 6.07) is 3.93. The summed E-state index contributed by atoms with van der Waals surface area (Å²) in [6.45, 7) is 0.944. The highest BCUT2D eigenvalue weighted by molar-refractivity contribution is 7.27. The predicted molar refractivity (Wildman–Crippen MR) is 70.7 cm³/mol. The van der Waals surface area contributed by atoms with Gasteiger partial charge in [-0.3, -0.25) is 4.79 Å². The molecule has 5 nitrogen and oxygen atoms in total. The number of hydrogen-bond acceptors (Lipinski definition) is 4. The Morgan fingerprint density at radius 3 is 3.18 bits per heavy atom. The van der Waals surface area contributed by atoms with Gasteiger partial charge in [0.05, 0.1) is 4.88 Å². The Labute approximate surface area is 106 Å². The molecule has 0 aliphatic heterocycles. The number of hydrogen-bond donors (Lipinski definition) is 1. The molecule has 0 saturated carbocycles. The summed E-state index contributed by atoms with van der Waals surface area (Å²) in [5.41, 5.74) is 8.08. The van der Waals surface area contributed by atoms with Gasteiger partial charge in [-0.05, 0) is 29.5 Å². The Kier molecular flexibility index (Phi) is 3.98. The van der Waals surface area contributed by atoms with Gasteiger partial charge in [-0.25, -0.2) is 0 Å². The van der Waals surface area contributed by atoms with Gasteiger partial charge in [-0.1, -0.05) is 5.11 Å². The minimum Gasteiger partial charge on any atom is -0.351 e. The predicted octanol–water partition coefficient (Wildman–Crippen LogP) is 3.39. The smallest absolute Gasteiger partial charge is 0.261 e. The van der Waals surface area contributed by atoms with E-state index in [0.717, 1.165) is 14.3 Å². The summed E-state index contributed by atoms with van der Waals surface area (Å²) in [5, 5.41) is 8.22. The van der Waals surface area contributed by atoms with Crippen molar-refractivity contribution in [1.29, 1.82) is 0 Å². The minimum atomic E-state index is -0.0562. The van der Waals surface area contributed by atoms with Crippen molar-refractivity contribution in [3.05, 3.63) is 32.8 Å². The van der Waals surface area contributed by atoms with Gasteiger partial charge in [0.25, 0.3) is 5.91 Å². The van der Waals surface area contributed by atoms with Crippen molar-refractivity contribution < 1.29 is 4.79 Å². The van der Waals surface area contributed by atoms with E-state index in [1.54, 1.807) is 11.3 Å². The second kappa shape index (κ2) is 5.67. The fraction of sp³-hybridized carbons (Fsp3) is 0.300. The van der Waals surface area contributed by atoms with Gasteiger partial charge in [0.1, 0.15) is 0 Å². The van der Waals surface area contributed by atoms with E-state index in [-0.39, 0.29) is 5.91 Å². The summed E-state index contributed by atoms with van der Waals surface area (Å²) < 4.78 is 2.29. The highest BCUT2D eigenvalue weighted by atomic mass is 32.1. The average Bonchev–Trinajstić information content (AvgIpc) is 2.88. The molecule has 2 rings (SSSR count). The zero-order chi connectivity index (χ0) is 12.1. The first-order valence-electron chi connectivity index (χ1n) is 5.07. The monoisotopic (exact) mass is 266 g/mol. The highest BCUT2D eigenvalue weighted by Crippen LogP contribution is 2.29. The molecule has 0 aromatic carbocycles. The Morgan fingerprint density at radius 2 is 2.41 bits per heavy atom. The van der Waals surface area contributed by atoms with E-state index < -0.39 is 0 Å². The fourth-order valence-corrected chi connectivity index (χ4v) is 3.39. The maximum Gasteiger partial charge on any atom is 0.261 e. The Balaban J connectivity index is 1.87. The van der Waals surface area contributed by atoms with Gasteiger partial charge in [0.15, 0.2) is 0 Å². The third-order valence-electron chi connectivity index (χ3n) is 2.15. The highest BCUT2D eigenvalue weighted by Gasteiger charge is 2.09. The molecule has 0 atom stereocenters. The first-order valence-corrected chi connectivity index (χ1v) is 6.77. The second-order valence-corrected chi connectivity index (χ2v) is 5.36. The lowest BCUT2D eigenvalue weighted by atomic mass is 10.4. The van der Waals surface area contributed by atoms with Crippen molar-refractivity contribution in [3.8, 4) is 0 Å². The standard InChI is InChI=1S/C10H10N4OS2/c11-14-13-4-1-3-12-10(15)9-6-8-7(17-9)2-5-16-8/h2,5-6H,1,3-4H2,(H,12,15). The first-order chi connectivity index (χ1) is 8.31. The van der Waals surface area contributed by atoms with E-state index in [1.165, 1.54) is 11.3 Å². The van der Waals surface area contributed by atoms with E-state index in [1.807, 2.05) is 17.5 Å². The topological polar surface area (TPSA) is 77.9 Å². The van der Waals surface area contributed by atoms with E-state index in [9.17, 15) is 4.79 Å². The summed E-state index contributed by atoms with van der Waals surface area (Å²) in [5.74, 6) is -0.0562. The summed E-state index contributed by atoms with van der Waals surface area (Å²) in [6.07, 6.45) is 0.662. The van der Waals surface area contributed by atoms with E-state index in [0.29, 0.717) is 19.5 Å². The van der Waals surface area contributed by atoms with Gasteiger partial charge in [0.2, 0.25) is 0 Å². The normalized spacial score (nSPS) is 10.1. The first kappa shape index (κ1) is 11.9. The lowest BCUT2D eigenvalue weighted by Crippen LogP contribution is -2.23. The molecule has 0 bridgehead atoms.